The van der Waals surface area contributed by atoms with Crippen LogP contribution in [0.15, 0.2) is 119 Å². The van der Waals surface area contributed by atoms with E-state index in [1.54, 1.807) is 78.1 Å². The van der Waals surface area contributed by atoms with Crippen molar-refractivity contribution in [1.82, 2.24) is 79.0 Å². The summed E-state index contributed by atoms with van der Waals surface area (Å²) < 4.78 is 44.5. The van der Waals surface area contributed by atoms with Crippen LogP contribution in [0, 0.1) is 11.8 Å². The number of benzene rings is 4. The minimum Gasteiger partial charge on any atom is -0.494 e. The molecule has 4 aliphatic rings. The lowest BCUT2D eigenvalue weighted by atomic mass is 9.94. The molecule has 31 heteroatoms. The van der Waals surface area contributed by atoms with E-state index >= 15 is 0 Å². The van der Waals surface area contributed by atoms with E-state index in [2.05, 4.69) is 147 Å². The predicted octanol–water partition coefficient (Wildman–Crippen LogP) is 10.9. The second-order valence-electron chi connectivity index (χ2n) is 27.8. The van der Waals surface area contributed by atoms with E-state index in [1.165, 1.54) is 0 Å². The van der Waals surface area contributed by atoms with Gasteiger partial charge in [0.1, 0.15) is 48.5 Å². The molecule has 0 saturated carbocycles. The largest absolute Gasteiger partial charge is 0.494 e. The van der Waals surface area contributed by atoms with Gasteiger partial charge in [-0.15, -0.1) is 0 Å². The number of ether oxygens (including phenoxy) is 2. The molecule has 10 aromatic rings. The number of halogens is 2. The minimum atomic E-state index is -2.82. The maximum Gasteiger partial charge on any atom is 0.236 e. The highest BCUT2D eigenvalue weighted by Crippen LogP contribution is 2.46. The van der Waals surface area contributed by atoms with Gasteiger partial charge in [-0.25, -0.2) is 9.97 Å². The Morgan fingerprint density at radius 3 is 1.31 bits per heavy atom. The van der Waals surface area contributed by atoms with Gasteiger partial charge in [0.25, 0.3) is 0 Å². The van der Waals surface area contributed by atoms with E-state index < -0.39 is 14.3 Å². The highest BCUT2D eigenvalue weighted by molar-refractivity contribution is 9.11. The van der Waals surface area contributed by atoms with Crippen LogP contribution < -0.4 is 51.1 Å². The molecule has 0 aliphatic carbocycles. The summed E-state index contributed by atoms with van der Waals surface area (Å²) >= 11 is 7.27. The van der Waals surface area contributed by atoms with Crippen LogP contribution in [-0.4, -0.2) is 224 Å². The van der Waals surface area contributed by atoms with Crippen molar-refractivity contribution in [2.45, 2.75) is 25.7 Å². The van der Waals surface area contributed by atoms with Crippen LogP contribution in [0.5, 0.6) is 11.5 Å². The van der Waals surface area contributed by atoms with E-state index in [4.69, 9.17) is 19.4 Å². The molecule has 14 rings (SSSR count). The fraction of sp³-hybridized carbons (Fsp3) is 0.403. The van der Waals surface area contributed by atoms with E-state index in [9.17, 15) is 13.9 Å². The average Bonchev–Trinajstić information content (AvgIpc) is 1.46. The molecular formula is C72H86Br2N22O5P2. The van der Waals surface area contributed by atoms with Crippen molar-refractivity contribution in [3.63, 3.8) is 0 Å². The lowest BCUT2D eigenvalue weighted by molar-refractivity contribution is -0.134. The van der Waals surface area contributed by atoms with Crippen molar-refractivity contribution >= 4 is 142 Å². The van der Waals surface area contributed by atoms with E-state index in [0.717, 1.165) is 151 Å². The first kappa shape index (κ1) is 71.3. The van der Waals surface area contributed by atoms with Gasteiger partial charge in [0.15, 0.2) is 0 Å². The van der Waals surface area contributed by atoms with Gasteiger partial charge < -0.3 is 59.5 Å². The summed E-state index contributed by atoms with van der Waals surface area (Å²) in [5, 5.41) is 24.0. The number of aromatic nitrogens is 12. The summed E-state index contributed by atoms with van der Waals surface area (Å²) in [6.45, 7) is 20.0. The number of hydrogen-bond acceptors (Lipinski definition) is 24. The average molecular weight is 1560 g/mol. The molecule has 4 N–H and O–H groups in total. The van der Waals surface area contributed by atoms with Crippen LogP contribution in [0.25, 0.3) is 44.3 Å². The molecule has 27 nitrogen and oxygen atoms in total. The summed E-state index contributed by atoms with van der Waals surface area (Å²) in [5.74, 6) is 4.26. The number of hydrogen-bond donors (Lipinski definition) is 4. The van der Waals surface area contributed by atoms with Gasteiger partial charge >= 0.3 is 0 Å². The molecule has 6 aromatic heterocycles. The Balaban J connectivity index is 0.542. The number of rotatable bonds is 22. The zero-order valence-corrected chi connectivity index (χ0v) is 64.2. The van der Waals surface area contributed by atoms with Crippen LogP contribution in [-0.2, 0) is 28.0 Å². The Kier molecular flexibility index (Phi) is 21.2. The molecule has 4 fully saturated rings. The van der Waals surface area contributed by atoms with Crippen LogP contribution in [0.2, 0.25) is 0 Å². The van der Waals surface area contributed by atoms with Crippen molar-refractivity contribution in [3.05, 3.63) is 119 Å². The van der Waals surface area contributed by atoms with E-state index in [0.29, 0.717) is 118 Å². The number of nitrogens with one attached hydrogen (secondary N) is 4. The van der Waals surface area contributed by atoms with Crippen LogP contribution in [0.3, 0.4) is 0 Å². The molecule has 538 valence electrons. The molecular weight excluding hydrogens is 1470 g/mol. The first-order valence-electron chi connectivity index (χ1n) is 34.8. The minimum absolute atomic E-state index is 0.235. The first-order chi connectivity index (χ1) is 49.7. The third-order valence-corrected chi connectivity index (χ3v) is 24.2. The fourth-order valence-electron chi connectivity index (χ4n) is 14.7. The number of aryl methyl sites for hydroxylation is 2. The zero-order valence-electron chi connectivity index (χ0n) is 59.2. The number of piperidine rings is 2. The number of carbonyl (C=O) groups is 1. The van der Waals surface area contributed by atoms with Crippen molar-refractivity contribution < 1.29 is 23.4 Å². The first-order valence-corrected chi connectivity index (χ1v) is 41.6. The Morgan fingerprint density at radius 2 is 0.913 bits per heavy atom. The van der Waals surface area contributed by atoms with Gasteiger partial charge in [0, 0.05) is 201 Å². The van der Waals surface area contributed by atoms with Gasteiger partial charge in [0.05, 0.1) is 86.5 Å². The van der Waals surface area contributed by atoms with E-state index in [-0.39, 0.29) is 5.91 Å². The molecule has 0 spiro atoms. The molecule has 0 atom stereocenters. The fourth-order valence-corrected chi connectivity index (χ4v) is 18.1. The molecule has 1 amide bonds. The summed E-state index contributed by atoms with van der Waals surface area (Å²) in [5.41, 5.74) is 11.3. The quantitative estimate of drug-likeness (QED) is 0.0459. The summed E-state index contributed by atoms with van der Waals surface area (Å²) in [7, 11) is 1.55. The van der Waals surface area contributed by atoms with Gasteiger partial charge in [0.2, 0.25) is 17.8 Å². The third kappa shape index (κ3) is 16.2. The maximum absolute atomic E-state index is 13.9. The van der Waals surface area contributed by atoms with Crippen LogP contribution in [0.4, 0.5) is 57.7 Å². The summed E-state index contributed by atoms with van der Waals surface area (Å²) in [4.78, 5) is 65.4. The second kappa shape index (κ2) is 30.6. The molecule has 0 radical (unpaired) electrons. The highest BCUT2D eigenvalue weighted by atomic mass is 79.9. The number of amides is 1. The molecule has 0 bridgehead atoms. The van der Waals surface area contributed by atoms with Gasteiger partial charge in [-0.05, 0) is 132 Å². The Labute approximate surface area is 616 Å². The molecule has 4 aliphatic heterocycles. The SMILES string of the molecule is COc1cc(N2CCC(CN3CCN(CC(=O)N4CCN(CC5CCN(c6cc(OC)c(Nc7ncc(Br)c(Nc8ccc9nccnc9c8P(C)(C)=O)n7)cc6-c6cnn(C)c6)CC5)CC4)CC3)CC2)c(-c2cnn(C)c2)cc1Nc1ncc(Br)c(Nc2ccc3nccnc3c2P(C)(C)=O)n1. The van der Waals surface area contributed by atoms with Crippen molar-refractivity contribution in [2.24, 2.45) is 25.9 Å². The normalized spacial score (nSPS) is 16.4. The standard InChI is InChI=1S/C72H86Br2N22O5P2/c1-89-43-48(37-81-89)50-33-58(85-71-79-39-52(73)69(87-71)83-56-11-9-54-65(77-19-17-75-54)67(56)102(5,6)98)62(100-3)35-60(50)94-21-13-46(14-22-94)41-91-25-27-93(28-26-91)45-64(97)96-31-29-92(30-32-96)42-47-15-23-95(24-16-47)61-36-63(101-4)59(34-51(61)49-38-82-90(2)44-49)86-72-80-40-53(74)70(88-72)84-57-12-10-55-66(78-20-18-76-55)68(57)103(7,8)99/h9-12,17-20,33-40,43-44,46-47H,13-16,21-32,41-42,45H2,1-8H3,(H2,79,83,85,87)(H2,80,84,86,88). The second-order valence-corrected chi connectivity index (χ2v) is 35.8. The Hall–Kier alpha value is -8.69. The zero-order chi connectivity index (χ0) is 71.7. The smallest absolute Gasteiger partial charge is 0.236 e. The van der Waals surface area contributed by atoms with Gasteiger partial charge in [-0.3, -0.25) is 43.9 Å². The molecule has 103 heavy (non-hydrogen) atoms. The topological polar surface area (TPSA) is 276 Å². The Morgan fingerprint density at radius 1 is 0.505 bits per heavy atom. The lowest BCUT2D eigenvalue weighted by Crippen LogP contribution is -2.54. The molecule has 10 heterocycles. The highest BCUT2D eigenvalue weighted by Gasteiger charge is 2.33. The predicted molar refractivity (Wildman–Crippen MR) is 416 cm³/mol. The van der Waals surface area contributed by atoms with E-state index in [1.807, 2.05) is 72.5 Å². The molecule has 0 unspecified atom stereocenters. The number of carbonyl (C=O) groups excluding carboxylic acids is 1. The monoisotopic (exact) mass is 1560 g/mol. The van der Waals surface area contributed by atoms with Crippen molar-refractivity contribution in [2.75, 3.05) is 170 Å². The van der Waals surface area contributed by atoms with Crippen LogP contribution >= 0.6 is 46.1 Å². The number of fused-ring (bicyclic) bond motifs is 2. The number of methoxy groups -OCH3 is 2. The van der Waals surface area contributed by atoms with Crippen LogP contribution in [0.1, 0.15) is 25.7 Å². The third-order valence-electron chi connectivity index (χ3n) is 20.0. The lowest BCUT2D eigenvalue weighted by Gasteiger charge is -2.41. The number of piperazine rings is 2. The maximum atomic E-state index is 13.9. The molecule has 4 aromatic carbocycles. The number of nitrogens with zero attached hydrogens (tertiary/aromatic N) is 18. The summed E-state index contributed by atoms with van der Waals surface area (Å²) in [6.07, 6.45) is 21.9. The van der Waals surface area contributed by atoms with Crippen molar-refractivity contribution in [3.8, 4) is 33.8 Å². The summed E-state index contributed by atoms with van der Waals surface area (Å²) in [6, 6.07) is 15.8. The van der Waals surface area contributed by atoms with Gasteiger partial charge in [-0.2, -0.15) is 20.2 Å². The number of anilines is 10. The van der Waals surface area contributed by atoms with Crippen molar-refractivity contribution in [1.29, 1.82) is 0 Å². The molecule has 4 saturated heterocycles. The Bertz CT molecular complexity index is 4860. The van der Waals surface area contributed by atoms with Gasteiger partial charge in [-0.1, -0.05) is 0 Å².